The maximum atomic E-state index is 11.8. The summed E-state index contributed by atoms with van der Waals surface area (Å²) in [4.78, 5) is 25.5. The van der Waals surface area contributed by atoms with E-state index in [2.05, 4.69) is 15.5 Å². The second kappa shape index (κ2) is 9.57. The number of anilines is 1. The van der Waals surface area contributed by atoms with Crippen LogP contribution in [-0.4, -0.2) is 62.1 Å². The van der Waals surface area contributed by atoms with E-state index in [4.69, 9.17) is 9.47 Å². The summed E-state index contributed by atoms with van der Waals surface area (Å²) in [6, 6.07) is 7.60. The van der Waals surface area contributed by atoms with E-state index in [9.17, 15) is 14.7 Å². The molecule has 1 fully saturated rings. The Labute approximate surface area is 159 Å². The summed E-state index contributed by atoms with van der Waals surface area (Å²) < 4.78 is 10.4. The van der Waals surface area contributed by atoms with E-state index < -0.39 is 23.7 Å². The number of carbonyl (C=O) groups excluding carboxylic acids is 2. The number of hydrogen-bond acceptors (Lipinski definition) is 6. The first-order valence-electron chi connectivity index (χ1n) is 9.09. The summed E-state index contributed by atoms with van der Waals surface area (Å²) in [5.74, 6) is -0.398. The molecule has 0 saturated carbocycles. The highest BCUT2D eigenvalue weighted by Crippen LogP contribution is 2.20. The first kappa shape index (κ1) is 21.0. The van der Waals surface area contributed by atoms with Gasteiger partial charge < -0.3 is 30.1 Å². The van der Waals surface area contributed by atoms with E-state index in [0.29, 0.717) is 18.8 Å². The summed E-state index contributed by atoms with van der Waals surface area (Å²) in [5, 5.41) is 15.2. The standard InChI is InChI=1S/C19H29N3O5/c1-19(2,3)27-18(25)21-13-17(24)20-12-16(23)14-4-6-15(7-5-14)22-8-10-26-11-9-22/h4-7,16,23H,8-13H2,1-3H3,(H,20,24)(H,21,25). The average molecular weight is 379 g/mol. The van der Waals surface area contributed by atoms with Crippen molar-refractivity contribution in [3.05, 3.63) is 29.8 Å². The van der Waals surface area contributed by atoms with Crippen LogP contribution in [0.2, 0.25) is 0 Å². The molecule has 1 aliphatic rings. The molecular formula is C19H29N3O5. The molecule has 27 heavy (non-hydrogen) atoms. The second-order valence-electron chi connectivity index (χ2n) is 7.37. The lowest BCUT2D eigenvalue weighted by molar-refractivity contribution is -0.120. The maximum Gasteiger partial charge on any atom is 0.408 e. The van der Waals surface area contributed by atoms with E-state index >= 15 is 0 Å². The van der Waals surface area contributed by atoms with Crippen molar-refractivity contribution < 1.29 is 24.2 Å². The van der Waals surface area contributed by atoms with Gasteiger partial charge in [-0.3, -0.25) is 4.79 Å². The summed E-state index contributed by atoms with van der Waals surface area (Å²) in [6.45, 7) is 8.21. The zero-order valence-electron chi connectivity index (χ0n) is 16.2. The van der Waals surface area contributed by atoms with Crippen LogP contribution in [0.25, 0.3) is 0 Å². The van der Waals surface area contributed by atoms with Gasteiger partial charge in [-0.15, -0.1) is 0 Å². The minimum Gasteiger partial charge on any atom is -0.444 e. The topological polar surface area (TPSA) is 100 Å². The van der Waals surface area contributed by atoms with Crippen LogP contribution in [0.3, 0.4) is 0 Å². The zero-order valence-corrected chi connectivity index (χ0v) is 16.2. The van der Waals surface area contributed by atoms with Crippen LogP contribution in [0.5, 0.6) is 0 Å². The van der Waals surface area contributed by atoms with Crippen LogP contribution in [0.4, 0.5) is 10.5 Å². The average Bonchev–Trinajstić information content (AvgIpc) is 2.64. The molecule has 1 aliphatic heterocycles. The van der Waals surface area contributed by atoms with Gasteiger partial charge in [0.2, 0.25) is 5.91 Å². The number of amides is 2. The molecule has 0 aliphatic carbocycles. The van der Waals surface area contributed by atoms with Gasteiger partial charge in [0, 0.05) is 25.3 Å². The number of nitrogens with one attached hydrogen (secondary N) is 2. The molecule has 150 valence electrons. The minimum atomic E-state index is -0.825. The SMILES string of the molecule is CC(C)(C)OC(=O)NCC(=O)NCC(O)c1ccc(N2CCOCC2)cc1. The van der Waals surface area contributed by atoms with Crippen LogP contribution in [-0.2, 0) is 14.3 Å². The third-order valence-electron chi connectivity index (χ3n) is 3.94. The number of nitrogens with zero attached hydrogens (tertiary/aromatic N) is 1. The first-order valence-corrected chi connectivity index (χ1v) is 9.09. The Bertz CT molecular complexity index is 621. The summed E-state index contributed by atoms with van der Waals surface area (Å²) in [5.41, 5.74) is 1.18. The third-order valence-corrected chi connectivity index (χ3v) is 3.94. The Morgan fingerprint density at radius 2 is 1.81 bits per heavy atom. The van der Waals surface area contributed by atoms with Crippen molar-refractivity contribution in [2.45, 2.75) is 32.5 Å². The van der Waals surface area contributed by atoms with E-state index in [1.807, 2.05) is 24.3 Å². The number of ether oxygens (including phenoxy) is 2. The fraction of sp³-hybridized carbons (Fsp3) is 0.579. The number of benzene rings is 1. The molecule has 0 spiro atoms. The van der Waals surface area contributed by atoms with Crippen LogP contribution in [0.1, 0.15) is 32.4 Å². The lowest BCUT2D eigenvalue weighted by atomic mass is 10.1. The lowest BCUT2D eigenvalue weighted by Gasteiger charge is -2.29. The number of aliphatic hydroxyl groups excluding tert-OH is 1. The number of alkyl carbamates (subject to hydrolysis) is 1. The summed E-state index contributed by atoms with van der Waals surface area (Å²) in [6.07, 6.45) is -1.48. The molecule has 2 amide bonds. The van der Waals surface area contributed by atoms with Crippen LogP contribution >= 0.6 is 0 Å². The fourth-order valence-corrected chi connectivity index (χ4v) is 2.59. The van der Waals surface area contributed by atoms with Gasteiger partial charge in [-0.05, 0) is 38.5 Å². The molecule has 0 radical (unpaired) electrons. The minimum absolute atomic E-state index is 0.0612. The van der Waals surface area contributed by atoms with Gasteiger partial charge in [-0.25, -0.2) is 4.79 Å². The van der Waals surface area contributed by atoms with Gasteiger partial charge in [0.1, 0.15) is 5.60 Å². The van der Waals surface area contributed by atoms with Gasteiger partial charge in [0.15, 0.2) is 0 Å². The molecule has 2 rings (SSSR count). The number of carbonyl (C=O) groups is 2. The zero-order chi connectivity index (χ0) is 19.9. The van der Waals surface area contributed by atoms with Crippen molar-refractivity contribution in [1.29, 1.82) is 0 Å². The molecule has 1 heterocycles. The Morgan fingerprint density at radius 3 is 2.41 bits per heavy atom. The molecule has 1 saturated heterocycles. The molecule has 1 atom stereocenters. The number of rotatable bonds is 6. The maximum absolute atomic E-state index is 11.8. The third kappa shape index (κ3) is 7.44. The largest absolute Gasteiger partial charge is 0.444 e. The molecule has 8 nitrogen and oxygen atoms in total. The fourth-order valence-electron chi connectivity index (χ4n) is 2.59. The predicted octanol–water partition coefficient (Wildman–Crippen LogP) is 1.20. The summed E-state index contributed by atoms with van der Waals surface area (Å²) in [7, 11) is 0. The second-order valence-corrected chi connectivity index (χ2v) is 7.37. The van der Waals surface area contributed by atoms with Crippen LogP contribution in [0, 0.1) is 0 Å². The molecule has 1 aromatic carbocycles. The highest BCUT2D eigenvalue weighted by molar-refractivity contribution is 5.82. The van der Waals surface area contributed by atoms with Crippen LogP contribution in [0.15, 0.2) is 24.3 Å². The molecular weight excluding hydrogens is 350 g/mol. The summed E-state index contributed by atoms with van der Waals surface area (Å²) >= 11 is 0. The quantitative estimate of drug-likeness (QED) is 0.687. The van der Waals surface area contributed by atoms with E-state index in [1.54, 1.807) is 20.8 Å². The van der Waals surface area contributed by atoms with Crippen molar-refractivity contribution in [2.75, 3.05) is 44.3 Å². The van der Waals surface area contributed by atoms with E-state index in [-0.39, 0.29) is 13.1 Å². The number of hydrogen-bond donors (Lipinski definition) is 3. The Kier molecular flexibility index (Phi) is 7.44. The van der Waals surface area contributed by atoms with Crippen molar-refractivity contribution in [3.8, 4) is 0 Å². The molecule has 1 unspecified atom stereocenters. The van der Waals surface area contributed by atoms with Gasteiger partial charge in [0.25, 0.3) is 0 Å². The van der Waals surface area contributed by atoms with Crippen molar-refractivity contribution in [1.82, 2.24) is 10.6 Å². The number of morpholine rings is 1. The number of aliphatic hydroxyl groups is 1. The molecule has 0 aromatic heterocycles. The van der Waals surface area contributed by atoms with Crippen LogP contribution < -0.4 is 15.5 Å². The monoisotopic (exact) mass is 379 g/mol. The van der Waals surface area contributed by atoms with E-state index in [1.165, 1.54) is 0 Å². The van der Waals surface area contributed by atoms with Crippen molar-refractivity contribution >= 4 is 17.7 Å². The predicted molar refractivity (Wildman–Crippen MR) is 102 cm³/mol. The Morgan fingerprint density at radius 1 is 1.19 bits per heavy atom. The molecule has 3 N–H and O–H groups in total. The highest BCUT2D eigenvalue weighted by atomic mass is 16.6. The Balaban J connectivity index is 1.73. The van der Waals surface area contributed by atoms with Gasteiger partial charge in [-0.1, -0.05) is 12.1 Å². The Hall–Kier alpha value is -2.32. The van der Waals surface area contributed by atoms with Gasteiger partial charge in [0.05, 0.1) is 25.9 Å². The molecule has 8 heteroatoms. The van der Waals surface area contributed by atoms with Gasteiger partial charge >= 0.3 is 6.09 Å². The van der Waals surface area contributed by atoms with E-state index in [0.717, 1.165) is 18.8 Å². The van der Waals surface area contributed by atoms with Gasteiger partial charge in [-0.2, -0.15) is 0 Å². The first-order chi connectivity index (χ1) is 12.7. The normalized spacial score (nSPS) is 15.8. The smallest absolute Gasteiger partial charge is 0.408 e. The van der Waals surface area contributed by atoms with Crippen molar-refractivity contribution in [2.24, 2.45) is 0 Å². The molecule has 1 aromatic rings. The van der Waals surface area contributed by atoms with Crippen molar-refractivity contribution in [3.63, 3.8) is 0 Å². The molecule has 0 bridgehead atoms. The highest BCUT2D eigenvalue weighted by Gasteiger charge is 2.17. The lowest BCUT2D eigenvalue weighted by Crippen LogP contribution is -2.40.